The van der Waals surface area contributed by atoms with E-state index in [-0.39, 0.29) is 6.54 Å². The first-order valence-corrected chi connectivity index (χ1v) is 5.26. The van der Waals surface area contributed by atoms with Gasteiger partial charge in [0.25, 0.3) is 0 Å². The molecule has 0 heterocycles. The zero-order valence-corrected chi connectivity index (χ0v) is 9.13. The Labute approximate surface area is 81.6 Å². The van der Waals surface area contributed by atoms with Crippen molar-refractivity contribution in [2.24, 2.45) is 5.11 Å². The Kier molecular flexibility index (Phi) is 4.54. The van der Waals surface area contributed by atoms with Crippen molar-refractivity contribution in [1.82, 2.24) is 0 Å². The Bertz CT molecular complexity index is 276. The van der Waals surface area contributed by atoms with Gasteiger partial charge in [-0.1, -0.05) is 5.11 Å². The van der Waals surface area contributed by atoms with Crippen LogP contribution < -0.4 is 0 Å². The average molecular weight is 225 g/mol. The molecular weight excluding hydrogens is 211 g/mol. The summed E-state index contributed by atoms with van der Waals surface area (Å²) in [6.45, 7) is 0.176. The zero-order chi connectivity index (χ0) is 11.4. The minimum atomic E-state index is -4.61. The molecule has 0 saturated carbocycles. The van der Waals surface area contributed by atoms with E-state index in [0.29, 0.717) is 4.48 Å². The average Bonchev–Trinajstić information content (AvgIpc) is 1.78. The first-order valence-electron chi connectivity index (χ1n) is 3.73. The third-order valence-electron chi connectivity index (χ3n) is 1.14. The molecule has 0 fully saturated rings. The number of azide groups is 1. The Balaban J connectivity index is 4.47. The van der Waals surface area contributed by atoms with E-state index in [1.165, 1.54) is 0 Å². The van der Waals surface area contributed by atoms with Crippen LogP contribution in [0.2, 0.25) is 0 Å². The van der Waals surface area contributed by atoms with Gasteiger partial charge in [-0.3, -0.25) is 4.52 Å². The maximum Gasteiger partial charge on any atom is 0.470 e. The second-order valence-electron chi connectivity index (χ2n) is 3.73. The van der Waals surface area contributed by atoms with E-state index in [1.807, 2.05) is 0 Å². The lowest BCUT2D eigenvalue weighted by Gasteiger charge is -2.26. The van der Waals surface area contributed by atoms with Crippen molar-refractivity contribution in [1.29, 1.82) is 0 Å². The molecule has 0 spiro atoms. The number of likely N-dealkylation sites (N-methyl/N-ethyl adjacent to an activating group) is 1. The molecular formula is C5H14N4O4P+. The largest absolute Gasteiger partial charge is 0.470 e. The fourth-order valence-corrected chi connectivity index (χ4v) is 1.20. The highest BCUT2D eigenvalue weighted by Crippen LogP contribution is 2.38. The van der Waals surface area contributed by atoms with E-state index in [0.717, 1.165) is 0 Å². The Hall–Kier alpha value is -0.620. The van der Waals surface area contributed by atoms with Gasteiger partial charge in [-0.25, -0.2) is 4.57 Å². The second kappa shape index (κ2) is 4.75. The van der Waals surface area contributed by atoms with Crippen molar-refractivity contribution >= 4 is 7.82 Å². The second-order valence-corrected chi connectivity index (χ2v) is 4.92. The van der Waals surface area contributed by atoms with Crippen LogP contribution in [0.15, 0.2) is 5.11 Å². The smallest absolute Gasteiger partial charge is 0.329 e. The van der Waals surface area contributed by atoms with Gasteiger partial charge in [-0.05, 0) is 5.53 Å². The summed E-state index contributed by atoms with van der Waals surface area (Å²) in [5, 5.41) is 3.15. The van der Waals surface area contributed by atoms with Crippen LogP contribution in [0.3, 0.4) is 0 Å². The third-order valence-corrected chi connectivity index (χ3v) is 1.66. The van der Waals surface area contributed by atoms with Gasteiger partial charge in [0.1, 0.15) is 6.54 Å². The highest BCUT2D eigenvalue weighted by molar-refractivity contribution is 7.46. The van der Waals surface area contributed by atoms with Crippen LogP contribution in [0.25, 0.3) is 10.4 Å². The molecule has 9 heteroatoms. The van der Waals surface area contributed by atoms with Crippen molar-refractivity contribution in [3.05, 3.63) is 10.4 Å². The molecule has 0 radical (unpaired) electrons. The standard InChI is InChI=1S/C5H13N4O4P/c1-9(2,3)4-5(7-8-6)13-14(10,11)12/h5H,4H2,1-3H3,(H-,10,11,12)/p+1. The number of phosphoric ester groups is 1. The number of quaternary nitrogens is 1. The van der Waals surface area contributed by atoms with Crippen LogP contribution >= 0.6 is 7.82 Å². The van der Waals surface area contributed by atoms with Crippen LogP contribution in [0, 0.1) is 0 Å². The molecule has 14 heavy (non-hydrogen) atoms. The first-order chi connectivity index (χ1) is 6.14. The number of hydrogen-bond acceptors (Lipinski definition) is 3. The predicted molar refractivity (Wildman–Crippen MR) is 49.0 cm³/mol. The van der Waals surface area contributed by atoms with Crippen molar-refractivity contribution in [2.45, 2.75) is 6.23 Å². The molecule has 1 atom stereocenters. The van der Waals surface area contributed by atoms with E-state index in [9.17, 15) is 4.57 Å². The van der Waals surface area contributed by atoms with Gasteiger partial charge in [-0.15, -0.1) is 0 Å². The van der Waals surface area contributed by atoms with Gasteiger partial charge >= 0.3 is 7.82 Å². The summed E-state index contributed by atoms with van der Waals surface area (Å²) in [7, 11) is 0.730. The Morgan fingerprint density at radius 3 is 2.36 bits per heavy atom. The van der Waals surface area contributed by atoms with Crippen LogP contribution in [0.4, 0.5) is 0 Å². The molecule has 0 aliphatic rings. The van der Waals surface area contributed by atoms with Crippen LogP contribution in [-0.2, 0) is 9.09 Å². The molecule has 2 N–H and O–H groups in total. The van der Waals surface area contributed by atoms with E-state index < -0.39 is 14.1 Å². The summed E-state index contributed by atoms with van der Waals surface area (Å²) in [6.07, 6.45) is -1.17. The summed E-state index contributed by atoms with van der Waals surface area (Å²) >= 11 is 0. The molecule has 0 aromatic carbocycles. The maximum absolute atomic E-state index is 10.5. The maximum atomic E-state index is 10.5. The normalized spacial score (nSPS) is 14.6. The van der Waals surface area contributed by atoms with E-state index in [1.54, 1.807) is 21.1 Å². The molecule has 0 rings (SSSR count). The van der Waals surface area contributed by atoms with Crippen molar-refractivity contribution < 1.29 is 23.4 Å². The summed E-state index contributed by atoms with van der Waals surface area (Å²) in [5.74, 6) is 0. The number of nitrogens with zero attached hydrogens (tertiary/aromatic N) is 4. The molecule has 82 valence electrons. The summed E-state index contributed by atoms with van der Waals surface area (Å²) in [5.41, 5.74) is 8.15. The highest BCUT2D eigenvalue weighted by Gasteiger charge is 2.25. The van der Waals surface area contributed by atoms with Gasteiger partial charge in [0.2, 0.25) is 0 Å². The summed E-state index contributed by atoms with van der Waals surface area (Å²) in [6, 6.07) is 0. The molecule has 8 nitrogen and oxygen atoms in total. The minimum absolute atomic E-state index is 0.176. The first kappa shape index (κ1) is 13.4. The lowest BCUT2D eigenvalue weighted by Crippen LogP contribution is -2.41. The highest BCUT2D eigenvalue weighted by atomic mass is 31.2. The molecule has 0 bridgehead atoms. The lowest BCUT2D eigenvalue weighted by molar-refractivity contribution is -0.873. The van der Waals surface area contributed by atoms with E-state index in [2.05, 4.69) is 14.5 Å². The minimum Gasteiger partial charge on any atom is -0.329 e. The van der Waals surface area contributed by atoms with Gasteiger partial charge in [0.05, 0.1) is 21.1 Å². The topological polar surface area (TPSA) is 116 Å². The van der Waals surface area contributed by atoms with Gasteiger partial charge < -0.3 is 14.3 Å². The fraction of sp³-hybridized carbons (Fsp3) is 1.00. The molecule has 0 amide bonds. The van der Waals surface area contributed by atoms with Crippen molar-refractivity contribution in [2.75, 3.05) is 27.7 Å². The molecule has 1 unspecified atom stereocenters. The molecule has 0 saturated heterocycles. The predicted octanol–water partition coefficient (Wildman–Crippen LogP) is 0.438. The number of phosphoric acid groups is 1. The number of rotatable bonds is 5. The van der Waals surface area contributed by atoms with E-state index >= 15 is 0 Å². The van der Waals surface area contributed by atoms with Crippen LogP contribution in [-0.4, -0.2) is 48.2 Å². The molecule has 0 aliphatic carbocycles. The molecule has 0 aromatic heterocycles. The van der Waals surface area contributed by atoms with Crippen LogP contribution in [0.5, 0.6) is 0 Å². The van der Waals surface area contributed by atoms with Gasteiger partial charge in [-0.2, -0.15) is 0 Å². The Morgan fingerprint density at radius 2 is 2.07 bits per heavy atom. The Morgan fingerprint density at radius 1 is 1.57 bits per heavy atom. The van der Waals surface area contributed by atoms with Crippen molar-refractivity contribution in [3.8, 4) is 0 Å². The van der Waals surface area contributed by atoms with Crippen LogP contribution in [0.1, 0.15) is 0 Å². The third kappa shape index (κ3) is 8.00. The quantitative estimate of drug-likeness (QED) is 0.232. The van der Waals surface area contributed by atoms with Gasteiger partial charge in [0, 0.05) is 4.91 Å². The van der Waals surface area contributed by atoms with E-state index in [4.69, 9.17) is 15.3 Å². The van der Waals surface area contributed by atoms with Crippen molar-refractivity contribution in [3.63, 3.8) is 0 Å². The molecule has 0 aliphatic heterocycles. The molecule has 0 aromatic rings. The lowest BCUT2D eigenvalue weighted by atomic mass is 10.5. The zero-order valence-electron chi connectivity index (χ0n) is 8.23. The monoisotopic (exact) mass is 225 g/mol. The number of hydrogen-bond donors (Lipinski definition) is 2. The fourth-order valence-electron chi connectivity index (χ4n) is 0.776. The van der Waals surface area contributed by atoms with Gasteiger partial charge in [0.15, 0.2) is 6.23 Å². The SMILES string of the molecule is C[N+](C)(C)CC(N=[N+]=[N-])OP(=O)(O)O. The summed E-state index contributed by atoms with van der Waals surface area (Å²) < 4.78 is 15.1. The summed E-state index contributed by atoms with van der Waals surface area (Å²) in [4.78, 5) is 19.5.